The summed E-state index contributed by atoms with van der Waals surface area (Å²) in [5.74, 6) is 1.79. The fourth-order valence-corrected chi connectivity index (χ4v) is 16.2. The van der Waals surface area contributed by atoms with E-state index in [1.807, 2.05) is 0 Å². The summed E-state index contributed by atoms with van der Waals surface area (Å²) >= 11 is 0. The molecule has 0 N–H and O–H groups in total. The predicted octanol–water partition coefficient (Wildman–Crippen LogP) is 5.43. The SMILES string of the molecule is c1ccc2c(c1)-c1ccccc1C21c2cccc3c2B2c4c1ccc1c4C4(c5c(ccc6c5B5c7c(cccc7C67c6ccccc6-c6ccccc67)-c6cnc[n+]4c65)O1)[n+]1cncc-3c12. The number of hydrogen-bond donors (Lipinski definition) is 0. The Balaban J connectivity index is 1.05. The van der Waals surface area contributed by atoms with Crippen LogP contribution in [0.3, 0.4) is 0 Å². The minimum Gasteiger partial charge on any atom is -0.456 e. The Morgan fingerprint density at radius 3 is 1.14 bits per heavy atom. The molecule has 2 aromatic heterocycles. The van der Waals surface area contributed by atoms with Crippen molar-refractivity contribution < 1.29 is 13.9 Å². The quantitative estimate of drug-likeness (QED) is 0.152. The maximum Gasteiger partial charge on any atom is 0.310 e. The average molecular weight is 833 g/mol. The van der Waals surface area contributed by atoms with Crippen LogP contribution in [0.15, 0.2) is 183 Å². The van der Waals surface area contributed by atoms with Crippen LogP contribution < -0.4 is 46.9 Å². The number of ether oxygens (including phenoxy) is 1. The molecular weight excluding hydrogens is 802 g/mol. The van der Waals surface area contributed by atoms with E-state index in [0.717, 1.165) is 11.5 Å². The summed E-state index contributed by atoms with van der Waals surface area (Å²) in [6.45, 7) is -0.0430. The minimum atomic E-state index is -0.931. The Labute approximate surface area is 379 Å². The molecule has 0 saturated heterocycles. The zero-order chi connectivity index (χ0) is 42.2. The van der Waals surface area contributed by atoms with Crippen molar-refractivity contribution >= 4 is 46.5 Å². The van der Waals surface area contributed by atoms with Crippen LogP contribution in [0.5, 0.6) is 11.5 Å². The first-order valence-electron chi connectivity index (χ1n) is 23.3. The van der Waals surface area contributed by atoms with Crippen LogP contribution in [-0.4, -0.2) is 23.4 Å². The van der Waals surface area contributed by atoms with Gasteiger partial charge in [0, 0.05) is 0 Å². The Morgan fingerprint density at radius 1 is 0.348 bits per heavy atom. The van der Waals surface area contributed by atoms with E-state index in [1.165, 1.54) is 133 Å². The Bertz CT molecular complexity index is 3800. The highest BCUT2D eigenvalue weighted by molar-refractivity contribution is 7.00. The number of benzene rings is 8. The van der Waals surface area contributed by atoms with Gasteiger partial charge in [-0.1, -0.05) is 166 Å². The van der Waals surface area contributed by atoms with Gasteiger partial charge in [-0.2, -0.15) is 9.13 Å². The topological polar surface area (TPSA) is 42.8 Å². The van der Waals surface area contributed by atoms with Crippen LogP contribution >= 0.6 is 0 Å². The highest BCUT2D eigenvalue weighted by Crippen LogP contribution is 2.62. The van der Waals surface area contributed by atoms with Gasteiger partial charge in [-0.3, -0.25) is 0 Å². The molecule has 8 aromatic carbocycles. The molecule has 7 heteroatoms. The molecule has 296 valence electrons. The van der Waals surface area contributed by atoms with Gasteiger partial charge >= 0.3 is 5.66 Å². The molecule has 19 rings (SSSR count). The van der Waals surface area contributed by atoms with E-state index in [4.69, 9.17) is 14.7 Å². The molecule has 0 saturated carbocycles. The van der Waals surface area contributed by atoms with Crippen molar-refractivity contribution in [3.8, 4) is 56.0 Å². The highest BCUT2D eigenvalue weighted by atomic mass is 16.5. The second kappa shape index (κ2) is 10.0. The number of aromatic nitrogens is 4. The van der Waals surface area contributed by atoms with Gasteiger partial charge in [-0.15, -0.1) is 0 Å². The van der Waals surface area contributed by atoms with Gasteiger partial charge in [-0.25, -0.2) is 0 Å². The summed E-state index contributed by atoms with van der Waals surface area (Å²) in [5.41, 5.74) is 29.4. The molecule has 0 amide bonds. The highest BCUT2D eigenvalue weighted by Gasteiger charge is 2.72. The molecule has 0 fully saturated rings. The van der Waals surface area contributed by atoms with Gasteiger partial charge in [-0.05, 0) is 101 Å². The van der Waals surface area contributed by atoms with Gasteiger partial charge in [0.15, 0.2) is 0 Å². The zero-order valence-corrected chi connectivity index (χ0v) is 35.2. The largest absolute Gasteiger partial charge is 0.456 e. The van der Waals surface area contributed by atoms with E-state index >= 15 is 0 Å². The van der Waals surface area contributed by atoms with Crippen LogP contribution in [0.25, 0.3) is 44.5 Å². The lowest BCUT2D eigenvalue weighted by atomic mass is 9.29. The summed E-state index contributed by atoms with van der Waals surface area (Å²) in [5, 5.41) is 0. The molecule has 0 atom stereocenters. The molecule has 0 unspecified atom stereocenters. The van der Waals surface area contributed by atoms with Gasteiger partial charge in [0.25, 0.3) is 26.1 Å². The molecule has 9 aliphatic rings. The first-order chi connectivity index (χ1) is 32.8. The number of hydrogen-bond acceptors (Lipinski definition) is 3. The zero-order valence-electron chi connectivity index (χ0n) is 35.2. The van der Waals surface area contributed by atoms with Crippen LogP contribution in [0, 0.1) is 0 Å². The minimum absolute atomic E-state index is 0.0215. The summed E-state index contributed by atoms with van der Waals surface area (Å²) in [6, 6.07) is 60.3. The normalized spacial score (nSPS) is 17.2. The van der Waals surface area contributed by atoms with Gasteiger partial charge in [0.1, 0.15) is 23.9 Å². The first-order valence-corrected chi connectivity index (χ1v) is 23.3. The first kappa shape index (κ1) is 32.5. The standard InChI is InChI=1S/C59H30B2N4O/c1-5-17-39-31(11-1)32-12-2-6-18-40(32)57(39)43-21-9-15-35-37-27-62-29-64-55(37)60(51(35)43)53-45(57)23-25-47-49(53)59(64)50-48(66-47)26-24-46-54(50)61-52-36(38-28-63-30-65(59)56(38)61)16-10-22-44(52)58(46)41-19-7-3-13-33(41)34-14-4-8-20-42(34)58/h1-30H/q+2. The number of rotatable bonds is 0. The van der Waals surface area contributed by atoms with Crippen molar-refractivity contribution in [2.24, 2.45) is 0 Å². The summed E-state index contributed by atoms with van der Waals surface area (Å²) in [4.78, 5) is 10.5. The van der Waals surface area contributed by atoms with Crippen LogP contribution in [0.4, 0.5) is 0 Å². The lowest BCUT2D eigenvalue weighted by Gasteiger charge is -2.51. The molecule has 5 nitrogen and oxygen atoms in total. The monoisotopic (exact) mass is 832 g/mol. The average Bonchev–Trinajstić information content (AvgIpc) is 4.09. The summed E-state index contributed by atoms with van der Waals surface area (Å²) < 4.78 is 12.7. The van der Waals surface area contributed by atoms with E-state index in [1.54, 1.807) is 0 Å². The molecule has 66 heavy (non-hydrogen) atoms. The number of fused-ring (bicyclic) bond motifs is 16. The van der Waals surface area contributed by atoms with E-state index < -0.39 is 16.5 Å². The fourth-order valence-electron chi connectivity index (χ4n) is 16.2. The second-order valence-corrected chi connectivity index (χ2v) is 19.8. The third-order valence-electron chi connectivity index (χ3n) is 17.9. The van der Waals surface area contributed by atoms with Crippen molar-refractivity contribution in [1.82, 2.24) is 9.97 Å². The molecule has 10 aromatic rings. The lowest BCUT2D eigenvalue weighted by Crippen LogP contribution is -2.94. The summed E-state index contributed by atoms with van der Waals surface area (Å²) in [6.07, 6.45) is 8.56. The second-order valence-electron chi connectivity index (χ2n) is 19.8. The van der Waals surface area contributed by atoms with Crippen molar-refractivity contribution in [3.63, 3.8) is 0 Å². The Morgan fingerprint density at radius 2 is 0.712 bits per heavy atom. The van der Waals surface area contributed by atoms with Crippen LogP contribution in [0.2, 0.25) is 0 Å². The van der Waals surface area contributed by atoms with Gasteiger partial charge in [0.05, 0.1) is 44.3 Å². The third kappa shape index (κ3) is 2.87. The molecule has 2 aliphatic carbocycles. The van der Waals surface area contributed by atoms with E-state index in [0.29, 0.717) is 0 Å². The predicted molar refractivity (Wildman–Crippen MR) is 255 cm³/mol. The smallest absolute Gasteiger partial charge is 0.310 e. The molecule has 7 aliphatic heterocycles. The fraction of sp³-hybridized carbons (Fsp3) is 0.0508. The van der Waals surface area contributed by atoms with Crippen molar-refractivity contribution in [2.45, 2.75) is 16.5 Å². The Kier molecular flexibility index (Phi) is 4.95. The van der Waals surface area contributed by atoms with E-state index in [-0.39, 0.29) is 13.4 Å². The lowest BCUT2D eigenvalue weighted by molar-refractivity contribution is -0.960. The van der Waals surface area contributed by atoms with Crippen molar-refractivity contribution in [3.05, 3.63) is 238 Å². The van der Waals surface area contributed by atoms with Crippen molar-refractivity contribution in [1.29, 1.82) is 0 Å². The molecule has 9 heterocycles. The maximum absolute atomic E-state index is 7.56. The molecular formula is C59H30B2N4O+2. The third-order valence-corrected chi connectivity index (χ3v) is 17.9. The van der Waals surface area contributed by atoms with E-state index in [2.05, 4.69) is 192 Å². The van der Waals surface area contributed by atoms with Crippen LogP contribution in [0.1, 0.15) is 55.6 Å². The molecule has 0 radical (unpaired) electrons. The maximum atomic E-state index is 7.56. The van der Waals surface area contributed by atoms with Gasteiger partial charge in [0.2, 0.25) is 0 Å². The molecule has 0 bridgehead atoms. The molecule has 3 spiro atoms. The number of nitrogens with zero attached hydrogens (tertiary/aromatic N) is 4. The van der Waals surface area contributed by atoms with Crippen LogP contribution in [-0.2, 0) is 16.5 Å². The summed E-state index contributed by atoms with van der Waals surface area (Å²) in [7, 11) is 0. The van der Waals surface area contributed by atoms with Crippen molar-refractivity contribution in [2.75, 3.05) is 0 Å². The van der Waals surface area contributed by atoms with Gasteiger partial charge < -0.3 is 4.74 Å². The Hall–Kier alpha value is -8.15. The van der Waals surface area contributed by atoms with E-state index in [9.17, 15) is 0 Å².